The van der Waals surface area contributed by atoms with Crippen molar-refractivity contribution in [2.75, 3.05) is 0 Å². The van der Waals surface area contributed by atoms with Gasteiger partial charge in [-0.15, -0.1) is 0 Å². The number of aryl methyl sites for hydroxylation is 1. The lowest BCUT2D eigenvalue weighted by Crippen LogP contribution is -1.90. The minimum atomic E-state index is 1.22. The molecular weight excluding hydrogens is 168 g/mol. The van der Waals surface area contributed by atoms with Crippen molar-refractivity contribution in [3.63, 3.8) is 0 Å². The lowest BCUT2D eigenvalue weighted by molar-refractivity contribution is 0.714. The summed E-state index contributed by atoms with van der Waals surface area (Å²) in [5, 5.41) is 0. The van der Waals surface area contributed by atoms with E-state index in [0.29, 0.717) is 0 Å². The van der Waals surface area contributed by atoms with Crippen molar-refractivity contribution in [2.45, 2.75) is 46.5 Å². The Morgan fingerprint density at radius 1 is 1.14 bits per heavy atom. The van der Waals surface area contributed by atoms with E-state index in [1.807, 2.05) is 0 Å². The highest BCUT2D eigenvalue weighted by molar-refractivity contribution is 5.37. The van der Waals surface area contributed by atoms with Crippen LogP contribution in [-0.2, 0) is 0 Å². The van der Waals surface area contributed by atoms with E-state index in [-0.39, 0.29) is 0 Å². The molecule has 0 unspecified atom stereocenters. The fourth-order valence-electron chi connectivity index (χ4n) is 1.65. The van der Waals surface area contributed by atoms with E-state index in [2.05, 4.69) is 45.4 Å². The van der Waals surface area contributed by atoms with Gasteiger partial charge in [0.15, 0.2) is 0 Å². The molecule has 0 saturated carbocycles. The smallest absolute Gasteiger partial charge is 0.00903 e. The molecule has 0 saturated heterocycles. The molecule has 0 aliphatic heterocycles. The van der Waals surface area contributed by atoms with Gasteiger partial charge in [-0.05, 0) is 43.4 Å². The topological polar surface area (TPSA) is 0 Å². The third-order valence-electron chi connectivity index (χ3n) is 2.82. The Morgan fingerprint density at radius 2 is 1.93 bits per heavy atom. The molecule has 0 aliphatic carbocycles. The molecule has 1 aromatic carbocycles. The first kappa shape index (κ1) is 11.3. The van der Waals surface area contributed by atoms with Gasteiger partial charge in [0.25, 0.3) is 0 Å². The molecule has 0 aromatic heterocycles. The molecule has 0 aliphatic rings. The highest BCUT2D eigenvalue weighted by atomic mass is 14.0. The van der Waals surface area contributed by atoms with Gasteiger partial charge in [0.2, 0.25) is 0 Å². The van der Waals surface area contributed by atoms with Crippen LogP contribution in [0.3, 0.4) is 0 Å². The average molecular weight is 189 g/mol. The summed E-state index contributed by atoms with van der Waals surface area (Å²) in [7, 11) is 0. The first-order valence-corrected chi connectivity index (χ1v) is 5.65. The number of unbranched alkanes of at least 4 members (excludes halogenated alkanes) is 3. The maximum absolute atomic E-state index is 2.37. The van der Waals surface area contributed by atoms with E-state index >= 15 is 0 Å². The van der Waals surface area contributed by atoms with Crippen molar-refractivity contribution in [1.82, 2.24) is 0 Å². The van der Waals surface area contributed by atoms with Gasteiger partial charge in [-0.25, -0.2) is 0 Å². The van der Waals surface area contributed by atoms with Gasteiger partial charge in [0.1, 0.15) is 0 Å². The highest BCUT2D eigenvalue weighted by Crippen LogP contribution is 2.17. The maximum Gasteiger partial charge on any atom is -0.00903 e. The summed E-state index contributed by atoms with van der Waals surface area (Å²) in [5.74, 6) is 0. The maximum atomic E-state index is 2.37. The van der Waals surface area contributed by atoms with E-state index in [9.17, 15) is 0 Å². The van der Waals surface area contributed by atoms with Crippen molar-refractivity contribution in [1.29, 1.82) is 0 Å². The Kier molecular flexibility index (Phi) is 4.72. The second kappa shape index (κ2) is 5.85. The minimum Gasteiger partial charge on any atom is -0.0654 e. The van der Waals surface area contributed by atoms with Crippen molar-refractivity contribution in [3.05, 3.63) is 41.3 Å². The Hall–Kier alpha value is -0.780. The number of hydrogen-bond acceptors (Lipinski definition) is 0. The SMILES string of the molecule is CCCCC[CH]c1cccc(C)c1C. The van der Waals surface area contributed by atoms with E-state index in [1.165, 1.54) is 42.4 Å². The van der Waals surface area contributed by atoms with E-state index in [1.54, 1.807) is 0 Å². The van der Waals surface area contributed by atoms with Crippen molar-refractivity contribution in [3.8, 4) is 0 Å². The Morgan fingerprint density at radius 3 is 2.64 bits per heavy atom. The van der Waals surface area contributed by atoms with Crippen LogP contribution in [0.2, 0.25) is 0 Å². The third-order valence-corrected chi connectivity index (χ3v) is 2.82. The molecule has 1 rings (SSSR count). The van der Waals surface area contributed by atoms with Gasteiger partial charge >= 0.3 is 0 Å². The monoisotopic (exact) mass is 189 g/mol. The predicted octanol–water partition coefficient (Wildman–Crippen LogP) is 4.44. The molecule has 1 radical (unpaired) electrons. The van der Waals surface area contributed by atoms with Crippen LogP contribution in [0.25, 0.3) is 0 Å². The second-order valence-corrected chi connectivity index (χ2v) is 3.99. The van der Waals surface area contributed by atoms with Gasteiger partial charge in [-0.1, -0.05) is 44.4 Å². The fraction of sp³-hybridized carbons (Fsp3) is 0.500. The van der Waals surface area contributed by atoms with Crippen molar-refractivity contribution < 1.29 is 0 Å². The summed E-state index contributed by atoms with van der Waals surface area (Å²) < 4.78 is 0. The van der Waals surface area contributed by atoms with Gasteiger partial charge in [-0.2, -0.15) is 0 Å². The third kappa shape index (κ3) is 3.17. The molecule has 0 N–H and O–H groups in total. The van der Waals surface area contributed by atoms with Crippen LogP contribution in [-0.4, -0.2) is 0 Å². The molecular formula is C14H21. The number of hydrogen-bond donors (Lipinski definition) is 0. The minimum absolute atomic E-state index is 1.22. The Bertz CT molecular complexity index is 273. The number of benzene rings is 1. The Labute approximate surface area is 88.4 Å². The zero-order chi connectivity index (χ0) is 10.4. The quantitative estimate of drug-likeness (QED) is 0.601. The summed E-state index contributed by atoms with van der Waals surface area (Å²) in [6.07, 6.45) is 7.57. The molecule has 0 bridgehead atoms. The number of rotatable bonds is 5. The zero-order valence-electron chi connectivity index (χ0n) is 9.64. The van der Waals surface area contributed by atoms with Gasteiger partial charge in [-0.3, -0.25) is 0 Å². The van der Waals surface area contributed by atoms with Crippen LogP contribution in [0.1, 0.15) is 49.3 Å². The molecule has 0 fully saturated rings. The van der Waals surface area contributed by atoms with Crippen LogP contribution in [0.15, 0.2) is 18.2 Å². The molecule has 77 valence electrons. The van der Waals surface area contributed by atoms with E-state index in [0.717, 1.165) is 0 Å². The summed E-state index contributed by atoms with van der Waals surface area (Å²) in [6.45, 7) is 6.64. The predicted molar refractivity (Wildman–Crippen MR) is 63.5 cm³/mol. The molecule has 0 atom stereocenters. The van der Waals surface area contributed by atoms with E-state index < -0.39 is 0 Å². The Balaban J connectivity index is 2.46. The molecule has 1 aromatic rings. The first-order chi connectivity index (χ1) is 6.75. The van der Waals surface area contributed by atoms with Crippen LogP contribution < -0.4 is 0 Å². The largest absolute Gasteiger partial charge is 0.0654 e. The van der Waals surface area contributed by atoms with Crippen molar-refractivity contribution >= 4 is 0 Å². The lowest BCUT2D eigenvalue weighted by atomic mass is 9.98. The summed E-state index contributed by atoms with van der Waals surface area (Å²) in [5.41, 5.74) is 4.25. The lowest BCUT2D eigenvalue weighted by Gasteiger charge is -2.07. The molecule has 0 heteroatoms. The van der Waals surface area contributed by atoms with Crippen molar-refractivity contribution in [2.24, 2.45) is 0 Å². The second-order valence-electron chi connectivity index (χ2n) is 3.99. The summed E-state index contributed by atoms with van der Waals surface area (Å²) >= 11 is 0. The average Bonchev–Trinajstić information content (AvgIpc) is 2.19. The van der Waals surface area contributed by atoms with Crippen LogP contribution in [0.5, 0.6) is 0 Å². The van der Waals surface area contributed by atoms with Gasteiger partial charge in [0, 0.05) is 0 Å². The van der Waals surface area contributed by atoms with Gasteiger partial charge in [0.05, 0.1) is 0 Å². The first-order valence-electron chi connectivity index (χ1n) is 5.65. The van der Waals surface area contributed by atoms with Crippen LogP contribution >= 0.6 is 0 Å². The normalized spacial score (nSPS) is 10.5. The summed E-state index contributed by atoms with van der Waals surface area (Å²) in [6, 6.07) is 6.54. The standard InChI is InChI=1S/C14H21/c1-4-5-6-7-10-14-11-8-9-12(2)13(14)3/h8-11H,4-7H2,1-3H3. The highest BCUT2D eigenvalue weighted by Gasteiger charge is 2.00. The molecule has 0 nitrogen and oxygen atoms in total. The fourth-order valence-corrected chi connectivity index (χ4v) is 1.65. The summed E-state index contributed by atoms with van der Waals surface area (Å²) in [4.78, 5) is 0. The van der Waals surface area contributed by atoms with E-state index in [4.69, 9.17) is 0 Å². The van der Waals surface area contributed by atoms with Gasteiger partial charge < -0.3 is 0 Å². The molecule has 0 spiro atoms. The molecule has 14 heavy (non-hydrogen) atoms. The van der Waals surface area contributed by atoms with Crippen LogP contribution in [0, 0.1) is 20.3 Å². The molecule has 0 amide bonds. The molecule has 0 heterocycles. The zero-order valence-corrected chi connectivity index (χ0v) is 9.64. The van der Waals surface area contributed by atoms with Crippen LogP contribution in [0.4, 0.5) is 0 Å².